The Balaban J connectivity index is 2.00. The van der Waals surface area contributed by atoms with E-state index in [-0.39, 0.29) is 18.4 Å². The lowest BCUT2D eigenvalue weighted by Crippen LogP contribution is -2.41. The fraction of sp³-hybridized carbons (Fsp3) is 0.500. The SMILES string of the molecule is CC(C)CN(C)C(=O)CCN1C(=O)COc2ccccc21. The number of benzene rings is 1. The molecule has 0 saturated heterocycles. The fourth-order valence-corrected chi connectivity index (χ4v) is 2.45. The Morgan fingerprint density at radius 1 is 1.38 bits per heavy atom. The highest BCUT2D eigenvalue weighted by atomic mass is 16.5. The summed E-state index contributed by atoms with van der Waals surface area (Å²) in [6, 6.07) is 7.41. The lowest BCUT2D eigenvalue weighted by molar-refractivity contribution is -0.130. The first-order valence-electron chi connectivity index (χ1n) is 7.25. The zero-order valence-electron chi connectivity index (χ0n) is 12.8. The molecule has 1 aromatic carbocycles. The highest BCUT2D eigenvalue weighted by Crippen LogP contribution is 2.31. The Kier molecular flexibility index (Phi) is 4.83. The predicted octanol–water partition coefficient (Wildman–Crippen LogP) is 1.92. The molecule has 0 unspecified atom stereocenters. The number of amides is 2. The number of anilines is 1. The van der Waals surface area contributed by atoms with Crippen molar-refractivity contribution >= 4 is 17.5 Å². The summed E-state index contributed by atoms with van der Waals surface area (Å²) in [5.41, 5.74) is 0.744. The third kappa shape index (κ3) is 3.74. The van der Waals surface area contributed by atoms with E-state index in [1.165, 1.54) is 0 Å². The molecule has 2 amide bonds. The molecular weight excluding hydrogens is 268 g/mol. The summed E-state index contributed by atoms with van der Waals surface area (Å²) < 4.78 is 5.39. The number of hydrogen-bond donors (Lipinski definition) is 0. The van der Waals surface area contributed by atoms with E-state index >= 15 is 0 Å². The second-order valence-corrected chi connectivity index (χ2v) is 5.72. The van der Waals surface area contributed by atoms with E-state index < -0.39 is 0 Å². The van der Waals surface area contributed by atoms with Gasteiger partial charge in [-0.15, -0.1) is 0 Å². The van der Waals surface area contributed by atoms with Gasteiger partial charge in [0, 0.05) is 26.6 Å². The molecule has 0 radical (unpaired) electrons. The van der Waals surface area contributed by atoms with Crippen molar-refractivity contribution in [2.24, 2.45) is 5.92 Å². The van der Waals surface area contributed by atoms with Crippen LogP contribution in [0, 0.1) is 5.92 Å². The van der Waals surface area contributed by atoms with Gasteiger partial charge in [0.15, 0.2) is 6.61 Å². The monoisotopic (exact) mass is 290 g/mol. The van der Waals surface area contributed by atoms with Crippen LogP contribution >= 0.6 is 0 Å². The number of rotatable bonds is 5. The third-order valence-corrected chi connectivity index (χ3v) is 3.42. The number of hydrogen-bond acceptors (Lipinski definition) is 3. The number of ether oxygens (including phenoxy) is 1. The average Bonchev–Trinajstić information content (AvgIpc) is 2.45. The third-order valence-electron chi connectivity index (χ3n) is 3.42. The van der Waals surface area contributed by atoms with Crippen LogP contribution in [-0.2, 0) is 9.59 Å². The van der Waals surface area contributed by atoms with Crippen LogP contribution in [-0.4, -0.2) is 43.5 Å². The van der Waals surface area contributed by atoms with Crippen LogP contribution in [0.3, 0.4) is 0 Å². The maximum Gasteiger partial charge on any atom is 0.265 e. The first-order valence-corrected chi connectivity index (χ1v) is 7.25. The summed E-state index contributed by atoms with van der Waals surface area (Å²) in [5, 5.41) is 0. The molecule has 0 saturated carbocycles. The first-order chi connectivity index (χ1) is 9.99. The molecule has 21 heavy (non-hydrogen) atoms. The van der Waals surface area contributed by atoms with Crippen molar-refractivity contribution in [2.45, 2.75) is 20.3 Å². The van der Waals surface area contributed by atoms with Crippen molar-refractivity contribution in [1.29, 1.82) is 0 Å². The smallest absolute Gasteiger partial charge is 0.265 e. The number of nitrogens with zero attached hydrogens (tertiary/aromatic N) is 2. The van der Waals surface area contributed by atoms with Gasteiger partial charge in [-0.25, -0.2) is 0 Å². The Morgan fingerprint density at radius 3 is 2.81 bits per heavy atom. The van der Waals surface area contributed by atoms with E-state index in [1.807, 2.05) is 24.3 Å². The number of fused-ring (bicyclic) bond motifs is 1. The molecule has 5 heteroatoms. The molecule has 0 N–H and O–H groups in total. The van der Waals surface area contributed by atoms with Gasteiger partial charge in [-0.1, -0.05) is 26.0 Å². The largest absolute Gasteiger partial charge is 0.482 e. The molecule has 0 atom stereocenters. The van der Waals surface area contributed by atoms with Gasteiger partial charge in [0.05, 0.1) is 5.69 Å². The molecule has 1 aliphatic heterocycles. The van der Waals surface area contributed by atoms with Crippen LogP contribution in [0.15, 0.2) is 24.3 Å². The normalized spacial score (nSPS) is 13.9. The average molecular weight is 290 g/mol. The molecule has 0 fully saturated rings. The van der Waals surface area contributed by atoms with Crippen LogP contribution in [0.2, 0.25) is 0 Å². The van der Waals surface area contributed by atoms with Crippen molar-refractivity contribution in [2.75, 3.05) is 31.6 Å². The highest BCUT2D eigenvalue weighted by molar-refractivity contribution is 5.98. The van der Waals surface area contributed by atoms with Crippen LogP contribution in [0.25, 0.3) is 0 Å². The Hall–Kier alpha value is -2.04. The van der Waals surface area contributed by atoms with Crippen molar-refractivity contribution < 1.29 is 14.3 Å². The molecule has 0 spiro atoms. The van der Waals surface area contributed by atoms with E-state index in [4.69, 9.17) is 4.74 Å². The molecule has 2 rings (SSSR count). The minimum atomic E-state index is -0.104. The maximum atomic E-state index is 12.1. The molecule has 5 nitrogen and oxygen atoms in total. The summed E-state index contributed by atoms with van der Waals surface area (Å²) in [6.07, 6.45) is 0.323. The zero-order valence-corrected chi connectivity index (χ0v) is 12.8. The number of carbonyl (C=O) groups excluding carboxylic acids is 2. The lowest BCUT2D eigenvalue weighted by atomic mass is 10.2. The summed E-state index contributed by atoms with van der Waals surface area (Å²) in [7, 11) is 1.80. The quantitative estimate of drug-likeness (QED) is 0.832. The van der Waals surface area contributed by atoms with Gasteiger partial charge in [-0.2, -0.15) is 0 Å². The van der Waals surface area contributed by atoms with Gasteiger partial charge >= 0.3 is 0 Å². The van der Waals surface area contributed by atoms with E-state index in [0.29, 0.717) is 24.6 Å². The summed E-state index contributed by atoms with van der Waals surface area (Å²) in [6.45, 7) is 5.30. The van der Waals surface area contributed by atoms with Crippen molar-refractivity contribution in [1.82, 2.24) is 4.90 Å². The molecule has 0 aromatic heterocycles. The summed E-state index contributed by atoms with van der Waals surface area (Å²) >= 11 is 0. The molecule has 1 heterocycles. The van der Waals surface area contributed by atoms with Crippen LogP contribution in [0.5, 0.6) is 5.75 Å². The highest BCUT2D eigenvalue weighted by Gasteiger charge is 2.25. The van der Waals surface area contributed by atoms with Gasteiger partial charge in [0.2, 0.25) is 5.91 Å². The molecule has 1 aliphatic rings. The molecular formula is C16H22N2O3. The van der Waals surface area contributed by atoms with Crippen LogP contribution in [0.4, 0.5) is 5.69 Å². The van der Waals surface area contributed by atoms with Crippen molar-refractivity contribution in [3.8, 4) is 5.75 Å². The van der Waals surface area contributed by atoms with E-state index in [0.717, 1.165) is 12.2 Å². The Morgan fingerprint density at radius 2 is 2.10 bits per heavy atom. The number of para-hydroxylation sites is 2. The second kappa shape index (κ2) is 6.61. The summed E-state index contributed by atoms with van der Waals surface area (Å²) in [4.78, 5) is 27.5. The topological polar surface area (TPSA) is 49.9 Å². The van der Waals surface area contributed by atoms with Gasteiger partial charge < -0.3 is 14.5 Å². The Labute approximate surface area is 125 Å². The second-order valence-electron chi connectivity index (χ2n) is 5.72. The standard InChI is InChI=1S/C16H22N2O3/c1-12(2)10-17(3)15(19)8-9-18-13-6-4-5-7-14(13)21-11-16(18)20/h4-7,12H,8-11H2,1-3H3. The predicted molar refractivity (Wildman–Crippen MR) is 81.4 cm³/mol. The van der Waals surface area contributed by atoms with Gasteiger partial charge in [0.1, 0.15) is 5.75 Å². The maximum absolute atomic E-state index is 12.1. The molecule has 1 aromatic rings. The zero-order chi connectivity index (χ0) is 15.4. The van der Waals surface area contributed by atoms with Gasteiger partial charge in [-0.05, 0) is 18.1 Å². The van der Waals surface area contributed by atoms with E-state index in [2.05, 4.69) is 13.8 Å². The summed E-state index contributed by atoms with van der Waals surface area (Å²) in [5.74, 6) is 1.08. The van der Waals surface area contributed by atoms with Crippen molar-refractivity contribution in [3.05, 3.63) is 24.3 Å². The molecule has 0 aliphatic carbocycles. The Bertz CT molecular complexity index is 528. The number of carbonyl (C=O) groups is 2. The molecule has 0 bridgehead atoms. The van der Waals surface area contributed by atoms with Gasteiger partial charge in [0.25, 0.3) is 5.91 Å². The van der Waals surface area contributed by atoms with Crippen LogP contribution < -0.4 is 9.64 Å². The van der Waals surface area contributed by atoms with Gasteiger partial charge in [-0.3, -0.25) is 9.59 Å². The molecule has 114 valence electrons. The minimum Gasteiger partial charge on any atom is -0.482 e. The lowest BCUT2D eigenvalue weighted by Gasteiger charge is -2.29. The minimum absolute atomic E-state index is 0.0348. The van der Waals surface area contributed by atoms with Crippen molar-refractivity contribution in [3.63, 3.8) is 0 Å². The fourth-order valence-electron chi connectivity index (χ4n) is 2.45. The van der Waals surface area contributed by atoms with Crippen LogP contribution in [0.1, 0.15) is 20.3 Å². The van der Waals surface area contributed by atoms with E-state index in [9.17, 15) is 9.59 Å². The van der Waals surface area contributed by atoms with E-state index in [1.54, 1.807) is 16.8 Å². The first kappa shape index (κ1) is 15.4.